The standard InChI is InChI=1S/C15H11F2N3O2/c1-22-9-3-4-10-13(7-9)19-15(21)20-14(10)18-8-2-5-11(16)12(17)6-8/h2-7H,1H3,(H2,18,19,20,21). The first kappa shape index (κ1) is 14.0. The lowest BCUT2D eigenvalue weighted by Crippen LogP contribution is -2.12. The van der Waals surface area contributed by atoms with Gasteiger partial charge in [0.1, 0.15) is 11.6 Å². The Morgan fingerprint density at radius 3 is 2.68 bits per heavy atom. The molecule has 0 spiro atoms. The Kier molecular flexibility index (Phi) is 3.46. The third-order valence-corrected chi connectivity index (χ3v) is 3.12. The van der Waals surface area contributed by atoms with Crippen LogP contribution in [0.3, 0.4) is 0 Å². The molecule has 2 N–H and O–H groups in total. The Morgan fingerprint density at radius 2 is 1.95 bits per heavy atom. The molecule has 3 rings (SSSR count). The van der Waals surface area contributed by atoms with Crippen molar-refractivity contribution in [1.82, 2.24) is 9.97 Å². The highest BCUT2D eigenvalue weighted by molar-refractivity contribution is 5.91. The van der Waals surface area contributed by atoms with Crippen LogP contribution in [0.2, 0.25) is 0 Å². The predicted octanol–water partition coefficient (Wildman–Crippen LogP) is 2.95. The van der Waals surface area contributed by atoms with E-state index >= 15 is 0 Å². The summed E-state index contributed by atoms with van der Waals surface area (Å²) < 4.78 is 31.3. The normalized spacial score (nSPS) is 10.7. The monoisotopic (exact) mass is 303 g/mol. The molecule has 0 atom stereocenters. The lowest BCUT2D eigenvalue weighted by atomic mass is 10.2. The molecular formula is C15H11F2N3O2. The summed E-state index contributed by atoms with van der Waals surface area (Å²) in [6.45, 7) is 0. The lowest BCUT2D eigenvalue weighted by Gasteiger charge is -2.09. The molecule has 7 heteroatoms. The molecule has 0 aliphatic rings. The summed E-state index contributed by atoms with van der Waals surface area (Å²) in [6.07, 6.45) is 0. The fourth-order valence-electron chi connectivity index (χ4n) is 2.07. The van der Waals surface area contributed by atoms with Gasteiger partial charge in [-0.3, -0.25) is 0 Å². The molecule has 0 aliphatic heterocycles. The van der Waals surface area contributed by atoms with Gasteiger partial charge in [0.2, 0.25) is 0 Å². The summed E-state index contributed by atoms with van der Waals surface area (Å²) in [5, 5.41) is 3.43. The number of ether oxygens (including phenoxy) is 1. The molecule has 0 fully saturated rings. The van der Waals surface area contributed by atoms with Gasteiger partial charge in [-0.1, -0.05) is 0 Å². The number of halogens is 2. The largest absolute Gasteiger partial charge is 0.497 e. The predicted molar refractivity (Wildman–Crippen MR) is 78.6 cm³/mol. The van der Waals surface area contributed by atoms with Crippen molar-refractivity contribution in [2.75, 3.05) is 12.4 Å². The average molecular weight is 303 g/mol. The van der Waals surface area contributed by atoms with Gasteiger partial charge in [-0.05, 0) is 24.3 Å². The van der Waals surface area contributed by atoms with Crippen LogP contribution < -0.4 is 15.7 Å². The molecule has 3 aromatic rings. The highest BCUT2D eigenvalue weighted by Gasteiger charge is 2.08. The molecule has 5 nitrogen and oxygen atoms in total. The van der Waals surface area contributed by atoms with Crippen molar-refractivity contribution >= 4 is 22.4 Å². The van der Waals surface area contributed by atoms with E-state index in [1.807, 2.05) is 0 Å². The second-order valence-corrected chi connectivity index (χ2v) is 4.56. The highest BCUT2D eigenvalue weighted by Crippen LogP contribution is 2.25. The van der Waals surface area contributed by atoms with Crippen LogP contribution in [0.5, 0.6) is 5.75 Å². The van der Waals surface area contributed by atoms with Crippen LogP contribution in [-0.2, 0) is 0 Å². The molecule has 0 radical (unpaired) electrons. The third kappa shape index (κ3) is 2.60. The Morgan fingerprint density at radius 1 is 1.14 bits per heavy atom. The van der Waals surface area contributed by atoms with Crippen molar-refractivity contribution < 1.29 is 13.5 Å². The SMILES string of the molecule is COc1ccc2c(Nc3ccc(F)c(F)c3)nc(=O)[nH]c2c1. The van der Waals surface area contributed by atoms with Crippen LogP contribution in [-0.4, -0.2) is 17.1 Å². The molecule has 0 bridgehead atoms. The van der Waals surface area contributed by atoms with E-state index in [-0.39, 0.29) is 11.5 Å². The zero-order valence-electron chi connectivity index (χ0n) is 11.5. The number of hydrogen-bond acceptors (Lipinski definition) is 4. The molecular weight excluding hydrogens is 292 g/mol. The van der Waals surface area contributed by atoms with E-state index < -0.39 is 17.3 Å². The third-order valence-electron chi connectivity index (χ3n) is 3.12. The zero-order valence-corrected chi connectivity index (χ0v) is 11.5. The van der Waals surface area contributed by atoms with Gasteiger partial charge in [0.25, 0.3) is 0 Å². The molecule has 0 aliphatic carbocycles. The fraction of sp³-hybridized carbons (Fsp3) is 0.0667. The first-order chi connectivity index (χ1) is 10.6. The van der Waals surface area contributed by atoms with Crippen molar-refractivity contribution in [3.63, 3.8) is 0 Å². The van der Waals surface area contributed by atoms with E-state index in [0.29, 0.717) is 16.7 Å². The molecule has 1 aromatic heterocycles. The van der Waals surface area contributed by atoms with Gasteiger partial charge < -0.3 is 15.0 Å². The average Bonchev–Trinajstić information content (AvgIpc) is 2.50. The number of fused-ring (bicyclic) bond motifs is 1. The first-order valence-corrected chi connectivity index (χ1v) is 6.37. The van der Waals surface area contributed by atoms with E-state index in [0.717, 1.165) is 12.1 Å². The lowest BCUT2D eigenvalue weighted by molar-refractivity contribution is 0.415. The van der Waals surface area contributed by atoms with E-state index in [4.69, 9.17) is 4.74 Å². The number of nitrogens with zero attached hydrogens (tertiary/aromatic N) is 1. The van der Waals surface area contributed by atoms with E-state index in [1.165, 1.54) is 13.2 Å². The van der Waals surface area contributed by atoms with Gasteiger partial charge >= 0.3 is 5.69 Å². The highest BCUT2D eigenvalue weighted by atomic mass is 19.2. The van der Waals surface area contributed by atoms with Gasteiger partial charge in [-0.25, -0.2) is 13.6 Å². The molecule has 0 amide bonds. The smallest absolute Gasteiger partial charge is 0.347 e. The summed E-state index contributed by atoms with van der Waals surface area (Å²) in [5.74, 6) is -1.11. The van der Waals surface area contributed by atoms with Crippen molar-refractivity contribution in [3.8, 4) is 5.75 Å². The zero-order chi connectivity index (χ0) is 15.7. The number of benzene rings is 2. The Labute approximate surface area is 123 Å². The maximum Gasteiger partial charge on any atom is 0.347 e. The molecule has 0 unspecified atom stereocenters. The van der Waals surface area contributed by atoms with Gasteiger partial charge in [-0.2, -0.15) is 4.98 Å². The molecule has 1 heterocycles. The van der Waals surface area contributed by atoms with Crippen LogP contribution in [0, 0.1) is 11.6 Å². The van der Waals surface area contributed by atoms with Gasteiger partial charge in [0.05, 0.1) is 12.6 Å². The van der Waals surface area contributed by atoms with Gasteiger partial charge in [-0.15, -0.1) is 0 Å². The first-order valence-electron chi connectivity index (χ1n) is 6.37. The van der Waals surface area contributed by atoms with E-state index in [1.54, 1.807) is 18.2 Å². The van der Waals surface area contributed by atoms with Crippen LogP contribution >= 0.6 is 0 Å². The number of H-pyrrole nitrogens is 1. The van der Waals surface area contributed by atoms with Crippen LogP contribution in [0.1, 0.15) is 0 Å². The minimum atomic E-state index is -0.985. The topological polar surface area (TPSA) is 67.0 Å². The van der Waals surface area contributed by atoms with E-state index in [9.17, 15) is 13.6 Å². The second-order valence-electron chi connectivity index (χ2n) is 4.56. The summed E-state index contributed by atoms with van der Waals surface area (Å²) in [4.78, 5) is 18.0. The van der Waals surface area contributed by atoms with E-state index in [2.05, 4.69) is 15.3 Å². The second kappa shape index (κ2) is 5.44. The van der Waals surface area contributed by atoms with Crippen molar-refractivity contribution in [2.45, 2.75) is 0 Å². The number of methoxy groups -OCH3 is 1. The summed E-state index contributed by atoms with van der Waals surface area (Å²) >= 11 is 0. The van der Waals surface area contributed by atoms with Crippen LogP contribution in [0.25, 0.3) is 10.9 Å². The number of anilines is 2. The molecule has 112 valence electrons. The number of aromatic nitrogens is 2. The van der Waals surface area contributed by atoms with Gasteiger partial charge in [0.15, 0.2) is 11.6 Å². The summed E-state index contributed by atoms with van der Waals surface area (Å²) in [7, 11) is 1.51. The van der Waals surface area contributed by atoms with Crippen molar-refractivity contribution in [1.29, 1.82) is 0 Å². The fourth-order valence-corrected chi connectivity index (χ4v) is 2.07. The van der Waals surface area contributed by atoms with Crippen LogP contribution in [0.4, 0.5) is 20.3 Å². The maximum atomic E-state index is 13.3. The number of rotatable bonds is 3. The molecule has 0 saturated carbocycles. The molecule has 22 heavy (non-hydrogen) atoms. The Balaban J connectivity index is 2.09. The Bertz CT molecular complexity index is 909. The number of aromatic amines is 1. The van der Waals surface area contributed by atoms with Gasteiger partial charge in [0, 0.05) is 23.2 Å². The summed E-state index contributed by atoms with van der Waals surface area (Å²) in [6, 6.07) is 8.41. The molecule has 0 saturated heterocycles. The quantitative estimate of drug-likeness (QED) is 0.780. The van der Waals surface area contributed by atoms with Crippen molar-refractivity contribution in [3.05, 3.63) is 58.5 Å². The Hall–Kier alpha value is -2.96. The maximum absolute atomic E-state index is 13.3. The summed E-state index contributed by atoms with van der Waals surface area (Å²) in [5.41, 5.74) is 0.240. The van der Waals surface area contributed by atoms with Crippen molar-refractivity contribution in [2.24, 2.45) is 0 Å². The number of hydrogen-bond donors (Lipinski definition) is 2. The number of nitrogens with one attached hydrogen (secondary N) is 2. The minimum Gasteiger partial charge on any atom is -0.497 e. The minimum absolute atomic E-state index is 0.243. The molecule has 2 aromatic carbocycles. The van der Waals surface area contributed by atoms with Crippen LogP contribution in [0.15, 0.2) is 41.2 Å².